The predicted molar refractivity (Wildman–Crippen MR) is 164 cm³/mol. The van der Waals surface area contributed by atoms with Crippen LogP contribution in [0.25, 0.3) is 32.7 Å². The quantitative estimate of drug-likeness (QED) is 0.244. The monoisotopic (exact) mass is 620 g/mol. The first kappa shape index (κ1) is 27.7. The van der Waals surface area contributed by atoms with E-state index in [0.29, 0.717) is 31.6 Å². The van der Waals surface area contributed by atoms with Crippen LogP contribution >= 0.6 is 22.9 Å². The Morgan fingerprint density at radius 2 is 1.74 bits per heavy atom. The lowest BCUT2D eigenvalue weighted by Crippen LogP contribution is -2.46. The van der Waals surface area contributed by atoms with Crippen molar-refractivity contribution in [2.75, 3.05) is 26.3 Å². The number of rotatable bonds is 7. The van der Waals surface area contributed by atoms with Crippen molar-refractivity contribution in [1.29, 1.82) is 0 Å². The number of nitrogens with zero attached hydrogens (tertiary/aromatic N) is 4. The summed E-state index contributed by atoms with van der Waals surface area (Å²) < 4.78 is 35.0. The molecule has 7 rings (SSSR count). The highest BCUT2D eigenvalue weighted by Gasteiger charge is 2.41. The molecule has 2 aromatic carbocycles. The number of hydrogen-bond donors (Lipinski definition) is 1. The largest absolute Gasteiger partial charge is 0.378 e. The Bertz CT molecular complexity index is 1890. The summed E-state index contributed by atoms with van der Waals surface area (Å²) >= 11 is 8.05. The molecule has 2 fully saturated rings. The molecule has 1 N–H and O–H groups in total. The maximum Gasteiger partial charge on any atom is 0.269 e. The van der Waals surface area contributed by atoms with Crippen molar-refractivity contribution in [2.45, 2.75) is 36.8 Å². The van der Waals surface area contributed by atoms with E-state index in [0.717, 1.165) is 30.8 Å². The maximum atomic E-state index is 14.3. The van der Waals surface area contributed by atoms with Crippen LogP contribution in [0.5, 0.6) is 0 Å². The van der Waals surface area contributed by atoms with Gasteiger partial charge in [-0.1, -0.05) is 53.6 Å². The van der Waals surface area contributed by atoms with Crippen LogP contribution in [0.2, 0.25) is 5.02 Å². The van der Waals surface area contributed by atoms with Crippen LogP contribution in [-0.2, 0) is 26.9 Å². The summed E-state index contributed by atoms with van der Waals surface area (Å²) in [6.45, 7) is 5.36. The van der Waals surface area contributed by atoms with Crippen molar-refractivity contribution in [3.8, 4) is 21.7 Å². The topological polar surface area (TPSA) is 97.6 Å². The van der Waals surface area contributed by atoms with Crippen LogP contribution < -0.4 is 0 Å². The number of aliphatic hydroxyl groups is 1. The third kappa shape index (κ3) is 4.76. The summed E-state index contributed by atoms with van der Waals surface area (Å²) in [6, 6.07) is 16.7. The fourth-order valence-corrected chi connectivity index (χ4v) is 8.45. The molecule has 5 heterocycles. The molecule has 0 aliphatic carbocycles. The first-order valence-corrected chi connectivity index (χ1v) is 16.5. The lowest BCUT2D eigenvalue weighted by Gasteiger charge is -2.34. The summed E-state index contributed by atoms with van der Waals surface area (Å²) in [4.78, 5) is 12.3. The lowest BCUT2D eigenvalue weighted by molar-refractivity contribution is -0.184. The summed E-state index contributed by atoms with van der Waals surface area (Å²) in [7, 11) is -4.04. The first-order chi connectivity index (χ1) is 20.2. The molecule has 8 nitrogen and oxygen atoms in total. The smallest absolute Gasteiger partial charge is 0.269 e. The Balaban J connectivity index is 1.40. The van der Waals surface area contributed by atoms with E-state index in [-0.39, 0.29) is 23.8 Å². The molecule has 2 aliphatic rings. The van der Waals surface area contributed by atoms with Crippen molar-refractivity contribution >= 4 is 44.0 Å². The van der Waals surface area contributed by atoms with Gasteiger partial charge in [0.2, 0.25) is 0 Å². The summed E-state index contributed by atoms with van der Waals surface area (Å²) in [6.07, 6.45) is 5.59. The van der Waals surface area contributed by atoms with Crippen LogP contribution in [0, 0.1) is 6.92 Å². The number of aromatic nitrogens is 3. The lowest BCUT2D eigenvalue weighted by atomic mass is 10.0. The fourth-order valence-electron chi connectivity index (χ4n) is 5.61. The van der Waals surface area contributed by atoms with Crippen LogP contribution in [-0.4, -0.2) is 58.7 Å². The van der Waals surface area contributed by atoms with Crippen LogP contribution in [0.15, 0.2) is 71.9 Å². The van der Waals surface area contributed by atoms with E-state index in [9.17, 15) is 13.5 Å². The first-order valence-electron chi connectivity index (χ1n) is 13.8. The molecule has 42 heavy (non-hydrogen) atoms. The molecular weight excluding hydrogens is 592 g/mol. The Hall–Kier alpha value is -3.12. The molecule has 2 saturated heterocycles. The van der Waals surface area contributed by atoms with E-state index >= 15 is 0 Å². The van der Waals surface area contributed by atoms with Crippen molar-refractivity contribution < 1.29 is 18.3 Å². The van der Waals surface area contributed by atoms with E-state index in [1.54, 1.807) is 30.5 Å². The number of pyridine rings is 1. The van der Waals surface area contributed by atoms with Gasteiger partial charge < -0.3 is 9.84 Å². The molecule has 0 radical (unpaired) electrons. The van der Waals surface area contributed by atoms with Gasteiger partial charge in [-0.05, 0) is 62.2 Å². The average molecular weight is 621 g/mol. The number of halogens is 1. The van der Waals surface area contributed by atoms with Crippen molar-refractivity contribution in [3.63, 3.8) is 0 Å². The van der Waals surface area contributed by atoms with E-state index in [1.807, 2.05) is 25.1 Å². The number of likely N-dealkylation sites (tertiary alicyclic amines) is 1. The van der Waals surface area contributed by atoms with Gasteiger partial charge >= 0.3 is 0 Å². The zero-order valence-electron chi connectivity index (χ0n) is 23.0. The van der Waals surface area contributed by atoms with Crippen molar-refractivity contribution in [3.05, 3.63) is 88.1 Å². The number of ether oxygens (including phenoxy) is 1. The molecular formula is C31H29ClN4O4S2. The van der Waals surface area contributed by atoms with Crippen LogP contribution in [0.3, 0.4) is 0 Å². The Labute approximate surface area is 253 Å². The minimum Gasteiger partial charge on any atom is -0.378 e. The number of benzene rings is 2. The Kier molecular flexibility index (Phi) is 6.96. The number of aryl methyl sites for hydroxylation is 1. The minimum atomic E-state index is -4.04. The zero-order chi connectivity index (χ0) is 29.1. The minimum absolute atomic E-state index is 0.170. The zero-order valence-corrected chi connectivity index (χ0v) is 25.3. The Morgan fingerprint density at radius 3 is 2.40 bits per heavy atom. The summed E-state index contributed by atoms with van der Waals surface area (Å²) in [5, 5.41) is 12.3. The van der Waals surface area contributed by atoms with Gasteiger partial charge in [-0.25, -0.2) is 22.4 Å². The van der Waals surface area contributed by atoms with Gasteiger partial charge in [-0.3, -0.25) is 4.90 Å². The second kappa shape index (κ2) is 10.6. The van der Waals surface area contributed by atoms with Gasteiger partial charge in [0.05, 0.1) is 33.7 Å². The SMILES string of the molecule is Cc1ccc(S(=O)(=O)n2c(-c3ccc(CN4CCCC4)cc3)cc3c(-c4cnc(C5(O)COC5)s4)c(Cl)cnc32)cc1. The number of fused-ring (bicyclic) bond motifs is 1. The van der Waals surface area contributed by atoms with E-state index in [2.05, 4.69) is 27.0 Å². The highest BCUT2D eigenvalue weighted by Crippen LogP contribution is 2.43. The molecule has 2 aliphatic heterocycles. The molecule has 0 atom stereocenters. The Morgan fingerprint density at radius 1 is 1.02 bits per heavy atom. The van der Waals surface area contributed by atoms with Gasteiger partial charge in [0, 0.05) is 29.9 Å². The van der Waals surface area contributed by atoms with Crippen molar-refractivity contribution in [1.82, 2.24) is 18.8 Å². The van der Waals surface area contributed by atoms with E-state index in [4.69, 9.17) is 16.3 Å². The number of hydrogen-bond acceptors (Lipinski definition) is 8. The summed E-state index contributed by atoms with van der Waals surface area (Å²) in [5.74, 6) is 0. The molecule has 3 aromatic heterocycles. The molecule has 5 aromatic rings. The van der Waals surface area contributed by atoms with E-state index < -0.39 is 15.6 Å². The highest BCUT2D eigenvalue weighted by molar-refractivity contribution is 7.90. The van der Waals surface area contributed by atoms with Gasteiger partial charge in [-0.15, -0.1) is 11.3 Å². The van der Waals surface area contributed by atoms with Gasteiger partial charge in [0.1, 0.15) is 5.01 Å². The van der Waals surface area contributed by atoms with Crippen molar-refractivity contribution in [2.24, 2.45) is 0 Å². The van der Waals surface area contributed by atoms with Crippen LogP contribution in [0.1, 0.15) is 29.0 Å². The normalized spacial score (nSPS) is 17.1. The molecule has 216 valence electrons. The van der Waals surface area contributed by atoms with Crippen LogP contribution in [0.4, 0.5) is 0 Å². The summed E-state index contributed by atoms with van der Waals surface area (Å²) in [5.41, 5.74) is 3.16. The highest BCUT2D eigenvalue weighted by atomic mass is 35.5. The van der Waals surface area contributed by atoms with E-state index in [1.165, 1.54) is 39.9 Å². The predicted octanol–water partition coefficient (Wildman–Crippen LogP) is 5.84. The van der Waals surface area contributed by atoms with Gasteiger partial charge in [0.15, 0.2) is 11.2 Å². The standard InChI is InChI=1S/C31H29ClN4O4S2/c1-20-4-10-23(11-5-20)42(38,39)36-26(22-8-6-21(7-9-22)17-35-12-2-3-13-35)14-24-28(25(32)15-33-29(24)36)27-16-34-30(41-27)31(37)18-40-19-31/h4-11,14-16,37H,2-3,12-13,17-19H2,1H3. The van der Waals surface area contributed by atoms with Gasteiger partial charge in [-0.2, -0.15) is 0 Å². The average Bonchev–Trinajstić information content (AvgIpc) is 3.73. The molecule has 0 unspecified atom stereocenters. The second-order valence-electron chi connectivity index (χ2n) is 11.1. The molecule has 0 saturated carbocycles. The molecule has 0 amide bonds. The van der Waals surface area contributed by atoms with Gasteiger partial charge in [0.25, 0.3) is 10.0 Å². The number of thiazole rings is 1. The molecule has 11 heteroatoms. The third-order valence-corrected chi connectivity index (χ3v) is 11.2. The second-order valence-corrected chi connectivity index (χ2v) is 14.3. The maximum absolute atomic E-state index is 14.3. The third-order valence-electron chi connectivity index (χ3n) is 7.99. The molecule has 0 spiro atoms. The molecule has 0 bridgehead atoms. The fraction of sp³-hybridized carbons (Fsp3) is 0.290.